The molecule has 0 atom stereocenters. The van der Waals surface area contributed by atoms with E-state index in [9.17, 15) is 4.79 Å². The highest BCUT2D eigenvalue weighted by atomic mass is 16.1. The summed E-state index contributed by atoms with van der Waals surface area (Å²) in [7, 11) is 0. The molecule has 2 aromatic heterocycles. The van der Waals surface area contributed by atoms with Crippen LogP contribution in [-0.2, 0) is 0 Å². The zero-order chi connectivity index (χ0) is 22.1. The number of carbonyl (C=O) groups is 1. The Bertz CT molecular complexity index is 1490. The molecule has 0 aliphatic heterocycles. The number of nitrogens with one attached hydrogen (secondary N) is 1. The predicted octanol–water partition coefficient (Wildman–Crippen LogP) is 4.61. The van der Waals surface area contributed by atoms with Crippen molar-refractivity contribution in [1.29, 1.82) is 0 Å². The fourth-order valence-corrected chi connectivity index (χ4v) is 3.57. The first-order valence-electron chi connectivity index (χ1n) is 10.1. The van der Waals surface area contributed by atoms with E-state index in [0.717, 1.165) is 11.1 Å². The second-order valence-corrected chi connectivity index (χ2v) is 7.44. The van der Waals surface area contributed by atoms with Gasteiger partial charge in [0.2, 0.25) is 0 Å². The average molecular weight is 420 g/mol. The molecule has 0 saturated heterocycles. The number of carbonyl (C=O) groups excluding carboxylic acids is 1. The monoisotopic (exact) mass is 420 g/mol. The largest absolute Gasteiger partial charge is 0.383 e. The standard InChI is InChI=1S/C25H20N6O/c1-16-8-7-11-18(14-16)28-25(32)21-22-24(30-20-13-6-5-12-19(20)29-22)31(23(21)26)27-15-17-9-3-2-4-10-17/h2-15H,26H2,1H3,(H,28,32)/b27-15-. The van der Waals surface area contributed by atoms with Crippen LogP contribution in [0.15, 0.2) is 84.0 Å². The molecule has 2 heterocycles. The second kappa shape index (κ2) is 7.96. The Kier molecular flexibility index (Phi) is 4.84. The van der Waals surface area contributed by atoms with E-state index in [-0.39, 0.29) is 17.3 Å². The van der Waals surface area contributed by atoms with Gasteiger partial charge in [0.05, 0.1) is 17.2 Å². The number of fused-ring (bicyclic) bond motifs is 2. The summed E-state index contributed by atoms with van der Waals surface area (Å²) in [5, 5.41) is 7.43. The zero-order valence-corrected chi connectivity index (χ0v) is 17.4. The van der Waals surface area contributed by atoms with Gasteiger partial charge >= 0.3 is 0 Å². The van der Waals surface area contributed by atoms with Crippen molar-refractivity contribution < 1.29 is 4.79 Å². The third kappa shape index (κ3) is 3.56. The molecular weight excluding hydrogens is 400 g/mol. The predicted molar refractivity (Wildman–Crippen MR) is 128 cm³/mol. The van der Waals surface area contributed by atoms with Crippen molar-refractivity contribution in [2.24, 2.45) is 5.10 Å². The van der Waals surface area contributed by atoms with Crippen molar-refractivity contribution in [2.45, 2.75) is 6.92 Å². The number of nitrogen functional groups attached to an aromatic ring is 1. The lowest BCUT2D eigenvalue weighted by molar-refractivity contribution is 0.102. The first-order chi connectivity index (χ1) is 15.6. The summed E-state index contributed by atoms with van der Waals surface area (Å²) in [6.07, 6.45) is 1.68. The van der Waals surface area contributed by atoms with Crippen LogP contribution in [0.4, 0.5) is 11.5 Å². The van der Waals surface area contributed by atoms with Crippen LogP contribution in [0, 0.1) is 6.92 Å². The van der Waals surface area contributed by atoms with E-state index in [1.807, 2.05) is 85.8 Å². The molecule has 3 aromatic carbocycles. The van der Waals surface area contributed by atoms with E-state index >= 15 is 0 Å². The molecule has 5 rings (SSSR count). The molecule has 0 saturated carbocycles. The van der Waals surface area contributed by atoms with Crippen LogP contribution < -0.4 is 11.1 Å². The van der Waals surface area contributed by atoms with Crippen LogP contribution in [0.25, 0.3) is 22.2 Å². The number of aromatic nitrogens is 3. The van der Waals surface area contributed by atoms with Crippen LogP contribution >= 0.6 is 0 Å². The van der Waals surface area contributed by atoms with Gasteiger partial charge in [0, 0.05) is 5.69 Å². The van der Waals surface area contributed by atoms with E-state index in [1.54, 1.807) is 6.21 Å². The molecule has 156 valence electrons. The number of nitrogens with two attached hydrogens (primary N) is 1. The Morgan fingerprint density at radius 1 is 0.969 bits per heavy atom. The number of hydrogen-bond donors (Lipinski definition) is 2. The maximum absolute atomic E-state index is 13.3. The van der Waals surface area contributed by atoms with Crippen LogP contribution in [0.1, 0.15) is 21.5 Å². The molecular formula is C25H20N6O. The van der Waals surface area contributed by atoms with Gasteiger partial charge in [0.25, 0.3) is 5.91 Å². The molecule has 5 aromatic rings. The maximum atomic E-state index is 13.3. The number of amides is 1. The van der Waals surface area contributed by atoms with E-state index in [2.05, 4.69) is 10.4 Å². The molecule has 0 bridgehead atoms. The van der Waals surface area contributed by atoms with Crippen LogP contribution in [0.2, 0.25) is 0 Å². The zero-order valence-electron chi connectivity index (χ0n) is 17.4. The van der Waals surface area contributed by atoms with Gasteiger partial charge in [-0.05, 0) is 42.3 Å². The summed E-state index contributed by atoms with van der Waals surface area (Å²) in [6, 6.07) is 24.7. The summed E-state index contributed by atoms with van der Waals surface area (Å²) < 4.78 is 1.47. The number of nitrogens with zero attached hydrogens (tertiary/aromatic N) is 4. The summed E-state index contributed by atoms with van der Waals surface area (Å²) in [4.78, 5) is 22.7. The molecule has 3 N–H and O–H groups in total. The molecule has 0 aliphatic rings. The highest BCUT2D eigenvalue weighted by Gasteiger charge is 2.24. The number of aryl methyl sites for hydroxylation is 1. The Morgan fingerprint density at radius 2 is 1.69 bits per heavy atom. The molecule has 7 heteroatoms. The lowest BCUT2D eigenvalue weighted by atomic mass is 10.2. The average Bonchev–Trinajstić information content (AvgIpc) is 3.07. The molecule has 0 fully saturated rings. The Hall–Kier alpha value is -4.52. The minimum atomic E-state index is -0.364. The van der Waals surface area contributed by atoms with Gasteiger partial charge in [-0.25, -0.2) is 9.97 Å². The number of para-hydroxylation sites is 2. The minimum Gasteiger partial charge on any atom is -0.383 e. The smallest absolute Gasteiger partial charge is 0.261 e. The molecule has 32 heavy (non-hydrogen) atoms. The van der Waals surface area contributed by atoms with E-state index in [1.165, 1.54) is 4.68 Å². The van der Waals surface area contributed by atoms with Gasteiger partial charge in [-0.1, -0.05) is 54.6 Å². The molecule has 1 amide bonds. The summed E-state index contributed by atoms with van der Waals surface area (Å²) >= 11 is 0. The molecule has 0 aliphatic carbocycles. The van der Waals surface area contributed by atoms with Crippen molar-refractivity contribution in [3.05, 3.63) is 95.6 Å². The molecule has 7 nitrogen and oxygen atoms in total. The quantitative estimate of drug-likeness (QED) is 0.415. The number of benzene rings is 3. The van der Waals surface area contributed by atoms with Gasteiger partial charge in [-0.2, -0.15) is 9.78 Å². The first kappa shape index (κ1) is 19.4. The van der Waals surface area contributed by atoms with Gasteiger partial charge in [-0.15, -0.1) is 0 Å². The third-order valence-corrected chi connectivity index (χ3v) is 5.10. The normalized spacial score (nSPS) is 11.4. The first-order valence-corrected chi connectivity index (χ1v) is 10.1. The highest BCUT2D eigenvalue weighted by molar-refractivity contribution is 6.16. The minimum absolute atomic E-state index is 0.174. The van der Waals surface area contributed by atoms with Gasteiger partial charge < -0.3 is 11.1 Å². The number of rotatable bonds is 4. The van der Waals surface area contributed by atoms with Crippen LogP contribution in [0.5, 0.6) is 0 Å². The fourth-order valence-electron chi connectivity index (χ4n) is 3.57. The lowest BCUT2D eigenvalue weighted by Gasteiger charge is -2.06. The van der Waals surface area contributed by atoms with E-state index in [0.29, 0.717) is 27.9 Å². The number of anilines is 2. The van der Waals surface area contributed by atoms with Crippen LogP contribution in [0.3, 0.4) is 0 Å². The van der Waals surface area contributed by atoms with E-state index in [4.69, 9.17) is 15.7 Å². The topological polar surface area (TPSA) is 98.2 Å². The van der Waals surface area contributed by atoms with Crippen molar-refractivity contribution in [2.75, 3.05) is 11.1 Å². The molecule has 0 radical (unpaired) electrons. The number of hydrogen-bond acceptors (Lipinski definition) is 5. The highest BCUT2D eigenvalue weighted by Crippen LogP contribution is 2.28. The Labute approximate surface area is 184 Å². The second-order valence-electron chi connectivity index (χ2n) is 7.44. The van der Waals surface area contributed by atoms with Crippen molar-refractivity contribution in [1.82, 2.24) is 14.6 Å². The van der Waals surface area contributed by atoms with Gasteiger partial charge in [-0.3, -0.25) is 4.79 Å². The van der Waals surface area contributed by atoms with Crippen molar-refractivity contribution >= 4 is 45.8 Å². The van der Waals surface area contributed by atoms with Gasteiger partial charge in [0.15, 0.2) is 5.65 Å². The maximum Gasteiger partial charge on any atom is 0.261 e. The van der Waals surface area contributed by atoms with E-state index < -0.39 is 0 Å². The Morgan fingerprint density at radius 3 is 2.44 bits per heavy atom. The van der Waals surface area contributed by atoms with Gasteiger partial charge in [0.1, 0.15) is 16.9 Å². The fraction of sp³-hybridized carbons (Fsp3) is 0.0400. The summed E-state index contributed by atoms with van der Waals surface area (Å²) in [5.74, 6) is -0.191. The Balaban J connectivity index is 1.67. The SMILES string of the molecule is Cc1cccc(NC(=O)c2c(N)n(/N=C\c3ccccc3)c3nc4ccccc4nc23)c1. The third-order valence-electron chi connectivity index (χ3n) is 5.10. The summed E-state index contributed by atoms with van der Waals surface area (Å²) in [5.41, 5.74) is 11.5. The van der Waals surface area contributed by atoms with Crippen molar-refractivity contribution in [3.63, 3.8) is 0 Å². The molecule has 0 spiro atoms. The lowest BCUT2D eigenvalue weighted by Crippen LogP contribution is -2.14. The van der Waals surface area contributed by atoms with Crippen molar-refractivity contribution in [3.8, 4) is 0 Å². The van der Waals surface area contributed by atoms with Crippen LogP contribution in [-0.4, -0.2) is 26.8 Å². The molecule has 0 unspecified atom stereocenters. The summed E-state index contributed by atoms with van der Waals surface area (Å²) in [6.45, 7) is 1.96.